The van der Waals surface area contributed by atoms with E-state index in [1.165, 1.54) is 33.9 Å². The summed E-state index contributed by atoms with van der Waals surface area (Å²) < 4.78 is 78.6. The smallest absolute Gasteiger partial charge is 0.246 e. The predicted molar refractivity (Wildman–Crippen MR) is 132 cm³/mol. The van der Waals surface area contributed by atoms with Gasteiger partial charge in [-0.05, 0) is 48.7 Å². The number of ether oxygens (including phenoxy) is 2. The number of hydrogen-bond donors (Lipinski definition) is 1. The third-order valence-corrected chi connectivity index (χ3v) is 10.3. The maximum atomic E-state index is 13.8. The number of amides is 1. The van der Waals surface area contributed by atoms with Gasteiger partial charge in [-0.15, -0.1) is 0 Å². The van der Waals surface area contributed by atoms with E-state index in [1.807, 2.05) is 0 Å². The molecule has 10 nitrogen and oxygen atoms in total. The molecular formula is C24H30FN3O7S2. The van der Waals surface area contributed by atoms with Crippen molar-refractivity contribution in [3.63, 3.8) is 0 Å². The number of nitrogens with one attached hydrogen (secondary N) is 1. The van der Waals surface area contributed by atoms with Gasteiger partial charge >= 0.3 is 0 Å². The number of morpholine rings is 1. The lowest BCUT2D eigenvalue weighted by atomic mass is 9.99. The van der Waals surface area contributed by atoms with Crippen LogP contribution >= 0.6 is 0 Å². The number of hydrogen-bond acceptors (Lipinski definition) is 7. The molecule has 1 N–H and O–H groups in total. The van der Waals surface area contributed by atoms with Crippen LogP contribution < -0.4 is 10.1 Å². The number of carbonyl (C=O) groups excluding carboxylic acids is 1. The first kappa shape index (κ1) is 27.5. The van der Waals surface area contributed by atoms with E-state index in [1.54, 1.807) is 12.1 Å². The molecule has 4 rings (SSSR count). The highest BCUT2D eigenvalue weighted by Crippen LogP contribution is 2.30. The molecule has 1 unspecified atom stereocenters. The molecule has 0 aromatic heterocycles. The largest absolute Gasteiger partial charge is 0.495 e. The van der Waals surface area contributed by atoms with Crippen LogP contribution in [0.2, 0.25) is 0 Å². The third-order valence-electron chi connectivity index (χ3n) is 6.50. The minimum absolute atomic E-state index is 0.0343. The Morgan fingerprint density at radius 1 is 1.03 bits per heavy atom. The molecule has 1 amide bonds. The Kier molecular flexibility index (Phi) is 8.49. The molecule has 2 heterocycles. The molecule has 0 radical (unpaired) electrons. The minimum atomic E-state index is -4.07. The van der Waals surface area contributed by atoms with E-state index in [4.69, 9.17) is 9.47 Å². The van der Waals surface area contributed by atoms with Gasteiger partial charge in [0, 0.05) is 32.7 Å². The predicted octanol–water partition coefficient (Wildman–Crippen LogP) is 1.57. The van der Waals surface area contributed by atoms with Gasteiger partial charge in [-0.3, -0.25) is 4.79 Å². The van der Waals surface area contributed by atoms with E-state index >= 15 is 0 Å². The standard InChI is InChI=1S/C24H30FN3O7S2/c1-34-22-9-6-20(25)15-23(22)37(32,33)28-10-2-3-19(17-28)24(29)26-16-18-4-7-21(8-5-18)36(30,31)27-11-13-35-14-12-27/h4-9,15,19H,2-3,10-14,16-17H2,1H3,(H,26,29). The van der Waals surface area contributed by atoms with Crippen molar-refractivity contribution < 1.29 is 35.5 Å². The summed E-state index contributed by atoms with van der Waals surface area (Å²) >= 11 is 0. The van der Waals surface area contributed by atoms with Crippen LogP contribution in [0.1, 0.15) is 18.4 Å². The van der Waals surface area contributed by atoms with Crippen molar-refractivity contribution in [1.82, 2.24) is 13.9 Å². The lowest BCUT2D eigenvalue weighted by molar-refractivity contribution is -0.126. The summed E-state index contributed by atoms with van der Waals surface area (Å²) in [5, 5.41) is 2.81. The molecule has 1 atom stereocenters. The molecule has 202 valence electrons. The van der Waals surface area contributed by atoms with E-state index in [9.17, 15) is 26.0 Å². The number of sulfonamides is 2. The van der Waals surface area contributed by atoms with Crippen LogP contribution in [0.5, 0.6) is 5.75 Å². The summed E-state index contributed by atoms with van der Waals surface area (Å²) in [7, 11) is -6.37. The summed E-state index contributed by atoms with van der Waals surface area (Å²) in [5.41, 5.74) is 0.707. The van der Waals surface area contributed by atoms with Crippen molar-refractivity contribution in [2.45, 2.75) is 29.2 Å². The Hall–Kier alpha value is -2.58. The van der Waals surface area contributed by atoms with Crippen molar-refractivity contribution >= 4 is 26.0 Å². The van der Waals surface area contributed by atoms with Gasteiger partial charge in [0.05, 0.1) is 31.1 Å². The molecule has 2 aliphatic heterocycles. The lowest BCUT2D eigenvalue weighted by Gasteiger charge is -2.31. The number of benzene rings is 2. The van der Waals surface area contributed by atoms with Crippen LogP contribution in [0.25, 0.3) is 0 Å². The van der Waals surface area contributed by atoms with Crippen molar-refractivity contribution in [2.24, 2.45) is 5.92 Å². The van der Waals surface area contributed by atoms with Crippen molar-refractivity contribution in [1.29, 1.82) is 0 Å². The fourth-order valence-electron chi connectivity index (χ4n) is 4.41. The zero-order valence-corrected chi connectivity index (χ0v) is 22.1. The first-order valence-electron chi connectivity index (χ1n) is 11.9. The number of halogens is 1. The number of rotatable bonds is 8. The summed E-state index contributed by atoms with van der Waals surface area (Å²) in [6.07, 6.45) is 0.984. The first-order valence-corrected chi connectivity index (χ1v) is 14.8. The molecule has 2 fully saturated rings. The van der Waals surface area contributed by atoms with Gasteiger partial charge in [0.15, 0.2) is 0 Å². The van der Waals surface area contributed by atoms with Crippen LogP contribution in [-0.4, -0.2) is 77.9 Å². The molecule has 2 aromatic carbocycles. The Balaban J connectivity index is 1.38. The van der Waals surface area contributed by atoms with Gasteiger partial charge in [-0.1, -0.05) is 12.1 Å². The maximum absolute atomic E-state index is 13.8. The Morgan fingerprint density at radius 2 is 1.73 bits per heavy atom. The van der Waals surface area contributed by atoms with Gasteiger partial charge in [-0.25, -0.2) is 21.2 Å². The SMILES string of the molecule is COc1ccc(F)cc1S(=O)(=O)N1CCCC(C(=O)NCc2ccc(S(=O)(=O)N3CCOCC3)cc2)C1. The Labute approximate surface area is 216 Å². The topological polar surface area (TPSA) is 122 Å². The van der Waals surface area contributed by atoms with Crippen LogP contribution in [0.15, 0.2) is 52.3 Å². The van der Waals surface area contributed by atoms with Gasteiger partial charge < -0.3 is 14.8 Å². The van der Waals surface area contributed by atoms with Gasteiger partial charge in [0.25, 0.3) is 0 Å². The molecule has 2 saturated heterocycles. The van der Waals surface area contributed by atoms with E-state index in [0.717, 1.165) is 12.1 Å². The van der Waals surface area contributed by atoms with E-state index in [0.29, 0.717) is 44.7 Å². The maximum Gasteiger partial charge on any atom is 0.246 e. The molecule has 13 heteroatoms. The molecule has 0 saturated carbocycles. The monoisotopic (exact) mass is 555 g/mol. The van der Waals surface area contributed by atoms with Gasteiger partial charge in [-0.2, -0.15) is 8.61 Å². The Bertz CT molecular complexity index is 1330. The second-order valence-electron chi connectivity index (χ2n) is 8.88. The lowest BCUT2D eigenvalue weighted by Crippen LogP contribution is -2.45. The van der Waals surface area contributed by atoms with E-state index < -0.39 is 31.8 Å². The molecule has 2 aromatic rings. The normalized spacial score (nSPS) is 19.9. The second kappa shape index (κ2) is 11.4. The van der Waals surface area contributed by atoms with Crippen LogP contribution in [0.3, 0.4) is 0 Å². The molecule has 0 spiro atoms. The van der Waals surface area contributed by atoms with Crippen molar-refractivity contribution in [2.75, 3.05) is 46.5 Å². The average molecular weight is 556 g/mol. The quantitative estimate of drug-likeness (QED) is 0.525. The Morgan fingerprint density at radius 3 is 2.41 bits per heavy atom. The molecule has 37 heavy (non-hydrogen) atoms. The van der Waals surface area contributed by atoms with Crippen molar-refractivity contribution in [3.8, 4) is 5.75 Å². The fraction of sp³-hybridized carbons (Fsp3) is 0.458. The number of carbonyl (C=O) groups is 1. The molecule has 2 aliphatic rings. The minimum Gasteiger partial charge on any atom is -0.495 e. The van der Waals surface area contributed by atoms with Gasteiger partial charge in [0.2, 0.25) is 26.0 Å². The fourth-order valence-corrected chi connectivity index (χ4v) is 7.51. The van der Waals surface area contributed by atoms with Crippen LogP contribution in [0, 0.1) is 11.7 Å². The summed E-state index contributed by atoms with van der Waals surface area (Å²) in [6, 6.07) is 9.59. The zero-order chi connectivity index (χ0) is 26.6. The highest BCUT2D eigenvalue weighted by Gasteiger charge is 2.35. The number of methoxy groups -OCH3 is 1. The summed E-state index contributed by atoms with van der Waals surface area (Å²) in [6.45, 7) is 1.67. The van der Waals surface area contributed by atoms with E-state index in [-0.39, 0.29) is 41.1 Å². The van der Waals surface area contributed by atoms with Crippen LogP contribution in [-0.2, 0) is 36.1 Å². The van der Waals surface area contributed by atoms with Gasteiger partial charge in [0.1, 0.15) is 16.5 Å². The summed E-state index contributed by atoms with van der Waals surface area (Å²) in [5.74, 6) is -1.55. The molecule has 0 aliphatic carbocycles. The second-order valence-corrected chi connectivity index (χ2v) is 12.7. The third kappa shape index (κ3) is 6.12. The first-order chi connectivity index (χ1) is 17.6. The average Bonchev–Trinajstić information content (AvgIpc) is 2.92. The highest BCUT2D eigenvalue weighted by molar-refractivity contribution is 7.89. The molecule has 0 bridgehead atoms. The summed E-state index contributed by atoms with van der Waals surface area (Å²) in [4.78, 5) is 12.8. The van der Waals surface area contributed by atoms with E-state index in [2.05, 4.69) is 5.32 Å². The zero-order valence-electron chi connectivity index (χ0n) is 20.4. The number of piperidine rings is 1. The molecular weight excluding hydrogens is 525 g/mol. The highest BCUT2D eigenvalue weighted by atomic mass is 32.2. The van der Waals surface area contributed by atoms with Crippen molar-refractivity contribution in [3.05, 3.63) is 53.8 Å². The number of nitrogens with zero attached hydrogens (tertiary/aromatic N) is 2. The van der Waals surface area contributed by atoms with Crippen LogP contribution in [0.4, 0.5) is 4.39 Å².